The number of piperidine rings is 1. The molecule has 0 atom stereocenters. The molecule has 1 aromatic heterocycles. The number of amides is 1. The maximum Gasteiger partial charge on any atom is 0.223 e. The van der Waals surface area contributed by atoms with Crippen LogP contribution in [0.25, 0.3) is 0 Å². The SMILES string of the molecule is CC(C)c1ccc(Sc2ccc(N3CCC(C(=O)NCCCO)CC3)nn2)cc1. The summed E-state index contributed by atoms with van der Waals surface area (Å²) in [6.45, 7) is 6.64. The lowest BCUT2D eigenvalue weighted by molar-refractivity contribution is -0.125. The molecule has 2 heterocycles. The van der Waals surface area contributed by atoms with E-state index in [0.717, 1.165) is 41.7 Å². The summed E-state index contributed by atoms with van der Waals surface area (Å²) in [5.74, 6) is 1.54. The summed E-state index contributed by atoms with van der Waals surface area (Å²) in [6.07, 6.45) is 2.23. The number of benzene rings is 1. The average molecular weight is 415 g/mol. The Morgan fingerprint density at radius 1 is 1.17 bits per heavy atom. The molecule has 29 heavy (non-hydrogen) atoms. The predicted octanol–water partition coefficient (Wildman–Crippen LogP) is 3.47. The van der Waals surface area contributed by atoms with E-state index in [1.165, 1.54) is 5.56 Å². The lowest BCUT2D eigenvalue weighted by atomic mass is 9.96. The molecular formula is C22H30N4O2S. The number of aromatic nitrogens is 2. The molecule has 1 aromatic carbocycles. The van der Waals surface area contributed by atoms with E-state index in [2.05, 4.69) is 58.5 Å². The Morgan fingerprint density at radius 3 is 2.48 bits per heavy atom. The van der Waals surface area contributed by atoms with Crippen molar-refractivity contribution in [3.05, 3.63) is 42.0 Å². The first kappa shape index (κ1) is 21.6. The minimum absolute atomic E-state index is 0.0431. The van der Waals surface area contributed by atoms with Gasteiger partial charge in [-0.05, 0) is 55.0 Å². The van der Waals surface area contributed by atoms with Gasteiger partial charge < -0.3 is 15.3 Å². The number of carbonyl (C=O) groups is 1. The fraction of sp³-hybridized carbons (Fsp3) is 0.500. The summed E-state index contributed by atoms with van der Waals surface area (Å²) < 4.78 is 0. The van der Waals surface area contributed by atoms with Gasteiger partial charge in [0.25, 0.3) is 0 Å². The van der Waals surface area contributed by atoms with Crippen LogP contribution in [-0.2, 0) is 4.79 Å². The Kier molecular flexibility index (Phi) is 7.89. The Labute approximate surface area is 177 Å². The minimum atomic E-state index is 0.0431. The maximum atomic E-state index is 12.2. The molecule has 1 amide bonds. The Hall–Kier alpha value is -2.12. The molecule has 0 unspecified atom stereocenters. The highest BCUT2D eigenvalue weighted by atomic mass is 32.2. The third-order valence-corrected chi connectivity index (χ3v) is 6.15. The van der Waals surface area contributed by atoms with Crippen molar-refractivity contribution in [2.24, 2.45) is 5.92 Å². The van der Waals surface area contributed by atoms with Gasteiger partial charge in [-0.2, -0.15) is 0 Å². The first-order valence-electron chi connectivity index (χ1n) is 10.3. The largest absolute Gasteiger partial charge is 0.396 e. The first-order valence-corrected chi connectivity index (χ1v) is 11.1. The van der Waals surface area contributed by atoms with Gasteiger partial charge in [-0.15, -0.1) is 10.2 Å². The van der Waals surface area contributed by atoms with Crippen molar-refractivity contribution in [3.8, 4) is 0 Å². The summed E-state index contributed by atoms with van der Waals surface area (Å²) in [6, 6.07) is 12.6. The van der Waals surface area contributed by atoms with Crippen LogP contribution in [0.2, 0.25) is 0 Å². The van der Waals surface area contributed by atoms with Crippen molar-refractivity contribution < 1.29 is 9.90 Å². The predicted molar refractivity (Wildman–Crippen MR) is 116 cm³/mol. The van der Waals surface area contributed by atoms with Crippen LogP contribution in [0.1, 0.15) is 44.6 Å². The molecule has 1 fully saturated rings. The van der Waals surface area contributed by atoms with Crippen LogP contribution in [0.4, 0.5) is 5.82 Å². The Bertz CT molecular complexity index is 772. The molecule has 3 rings (SSSR count). The van der Waals surface area contributed by atoms with Crippen LogP contribution in [-0.4, -0.2) is 47.5 Å². The standard InChI is InChI=1S/C22H30N4O2S/c1-16(2)17-4-6-19(7-5-17)29-21-9-8-20(24-25-21)26-13-10-18(11-14-26)22(28)23-12-3-15-27/h4-9,16,18,27H,3,10-15H2,1-2H3,(H,23,28). The normalized spacial score (nSPS) is 15.0. The number of anilines is 1. The molecule has 2 aromatic rings. The average Bonchev–Trinajstić information content (AvgIpc) is 2.75. The summed E-state index contributed by atoms with van der Waals surface area (Å²) in [7, 11) is 0. The third kappa shape index (κ3) is 6.18. The third-order valence-electron chi connectivity index (χ3n) is 5.22. The van der Waals surface area contributed by atoms with Gasteiger partial charge in [0, 0.05) is 37.1 Å². The quantitative estimate of drug-likeness (QED) is 0.644. The number of aliphatic hydroxyl groups is 1. The summed E-state index contributed by atoms with van der Waals surface area (Å²) in [5.41, 5.74) is 1.33. The van der Waals surface area contributed by atoms with Crippen molar-refractivity contribution in [1.82, 2.24) is 15.5 Å². The fourth-order valence-corrected chi connectivity index (χ4v) is 4.11. The number of carbonyl (C=O) groups excluding carboxylic acids is 1. The van der Waals surface area contributed by atoms with E-state index >= 15 is 0 Å². The highest BCUT2D eigenvalue weighted by Crippen LogP contribution is 2.28. The van der Waals surface area contributed by atoms with Gasteiger partial charge >= 0.3 is 0 Å². The highest BCUT2D eigenvalue weighted by molar-refractivity contribution is 7.99. The molecule has 6 nitrogen and oxygen atoms in total. The minimum Gasteiger partial charge on any atom is -0.396 e. The van der Waals surface area contributed by atoms with E-state index in [1.54, 1.807) is 11.8 Å². The monoisotopic (exact) mass is 414 g/mol. The van der Waals surface area contributed by atoms with E-state index in [1.807, 2.05) is 12.1 Å². The summed E-state index contributed by atoms with van der Waals surface area (Å²) in [4.78, 5) is 15.5. The zero-order valence-electron chi connectivity index (χ0n) is 17.2. The van der Waals surface area contributed by atoms with Gasteiger partial charge in [-0.1, -0.05) is 37.7 Å². The number of hydrogen-bond donors (Lipinski definition) is 2. The number of rotatable bonds is 8. The number of hydrogen-bond acceptors (Lipinski definition) is 6. The second-order valence-electron chi connectivity index (χ2n) is 7.69. The second kappa shape index (κ2) is 10.6. The summed E-state index contributed by atoms with van der Waals surface area (Å²) >= 11 is 1.61. The molecule has 0 saturated carbocycles. The molecule has 156 valence electrons. The van der Waals surface area contributed by atoms with Crippen LogP contribution in [0.3, 0.4) is 0 Å². The lowest BCUT2D eigenvalue weighted by Crippen LogP contribution is -2.41. The molecule has 1 aliphatic heterocycles. The molecule has 1 aliphatic rings. The Morgan fingerprint density at radius 2 is 1.90 bits per heavy atom. The van der Waals surface area contributed by atoms with Crippen LogP contribution in [0.15, 0.2) is 46.3 Å². The van der Waals surface area contributed by atoms with E-state index in [-0.39, 0.29) is 18.4 Å². The topological polar surface area (TPSA) is 78.4 Å². The molecule has 2 N–H and O–H groups in total. The smallest absolute Gasteiger partial charge is 0.223 e. The van der Waals surface area contributed by atoms with Crippen molar-refractivity contribution in [3.63, 3.8) is 0 Å². The van der Waals surface area contributed by atoms with Crippen LogP contribution < -0.4 is 10.2 Å². The van der Waals surface area contributed by atoms with Gasteiger partial charge in [0.15, 0.2) is 5.82 Å². The van der Waals surface area contributed by atoms with Crippen LogP contribution in [0.5, 0.6) is 0 Å². The van der Waals surface area contributed by atoms with Gasteiger partial charge in [-0.25, -0.2) is 0 Å². The molecule has 0 radical (unpaired) electrons. The zero-order chi connectivity index (χ0) is 20.6. The number of nitrogens with one attached hydrogen (secondary N) is 1. The van der Waals surface area contributed by atoms with Gasteiger partial charge in [0.1, 0.15) is 5.03 Å². The molecule has 0 bridgehead atoms. The van der Waals surface area contributed by atoms with Crippen LogP contribution in [0, 0.1) is 5.92 Å². The fourth-order valence-electron chi connectivity index (χ4n) is 3.38. The van der Waals surface area contributed by atoms with E-state index in [0.29, 0.717) is 18.9 Å². The van der Waals surface area contributed by atoms with Gasteiger partial charge in [0.05, 0.1) is 0 Å². The van der Waals surface area contributed by atoms with E-state index in [9.17, 15) is 4.79 Å². The van der Waals surface area contributed by atoms with Crippen molar-refractivity contribution >= 4 is 23.5 Å². The number of aliphatic hydroxyl groups excluding tert-OH is 1. The molecule has 0 spiro atoms. The Balaban J connectivity index is 1.50. The number of nitrogens with zero attached hydrogens (tertiary/aromatic N) is 3. The van der Waals surface area contributed by atoms with Crippen LogP contribution >= 0.6 is 11.8 Å². The van der Waals surface area contributed by atoms with Crippen molar-refractivity contribution in [2.45, 2.75) is 48.9 Å². The van der Waals surface area contributed by atoms with Crippen molar-refractivity contribution in [2.75, 3.05) is 31.1 Å². The zero-order valence-corrected chi connectivity index (χ0v) is 18.0. The van der Waals surface area contributed by atoms with Gasteiger partial charge in [0.2, 0.25) is 5.91 Å². The second-order valence-corrected chi connectivity index (χ2v) is 8.78. The summed E-state index contributed by atoms with van der Waals surface area (Å²) in [5, 5.41) is 21.4. The molecule has 1 saturated heterocycles. The molecule has 0 aliphatic carbocycles. The van der Waals surface area contributed by atoms with E-state index in [4.69, 9.17) is 5.11 Å². The van der Waals surface area contributed by atoms with Crippen molar-refractivity contribution in [1.29, 1.82) is 0 Å². The maximum absolute atomic E-state index is 12.2. The highest BCUT2D eigenvalue weighted by Gasteiger charge is 2.25. The molecular weight excluding hydrogens is 384 g/mol. The lowest BCUT2D eigenvalue weighted by Gasteiger charge is -2.31. The first-order chi connectivity index (χ1) is 14.1. The van der Waals surface area contributed by atoms with E-state index < -0.39 is 0 Å². The molecule has 7 heteroatoms. The van der Waals surface area contributed by atoms with Gasteiger partial charge in [-0.3, -0.25) is 4.79 Å².